The Bertz CT molecular complexity index is 748. The van der Waals surface area contributed by atoms with Crippen molar-refractivity contribution in [1.82, 2.24) is 5.16 Å². The lowest BCUT2D eigenvalue weighted by atomic mass is 10.1. The van der Waals surface area contributed by atoms with Crippen LogP contribution in [-0.4, -0.2) is 13.6 Å². The molecule has 1 aromatic heterocycles. The predicted molar refractivity (Wildman–Crippen MR) is 80.2 cm³/mol. The van der Waals surface area contributed by atoms with E-state index in [0.29, 0.717) is 11.4 Å². The molecule has 0 spiro atoms. The molecule has 0 amide bonds. The number of sulfonamides is 1. The SMILES string of the molecule is Cc1noc(C)c1C(C)Nc1ccc(S(N)(=O)=O)cc1N. The van der Waals surface area contributed by atoms with Crippen molar-refractivity contribution in [3.05, 3.63) is 35.2 Å². The topological polar surface area (TPSA) is 124 Å². The number of aromatic nitrogens is 1. The molecule has 0 aliphatic rings. The van der Waals surface area contributed by atoms with E-state index >= 15 is 0 Å². The molecular formula is C13H18N4O3S. The van der Waals surface area contributed by atoms with E-state index in [0.717, 1.165) is 17.0 Å². The van der Waals surface area contributed by atoms with Crippen molar-refractivity contribution in [2.24, 2.45) is 5.14 Å². The van der Waals surface area contributed by atoms with Gasteiger partial charge in [0.15, 0.2) is 0 Å². The number of hydrogen-bond donors (Lipinski definition) is 3. The first kappa shape index (κ1) is 15.3. The molecule has 0 radical (unpaired) electrons. The summed E-state index contributed by atoms with van der Waals surface area (Å²) in [5, 5.41) is 12.2. The normalized spacial score (nSPS) is 13.1. The van der Waals surface area contributed by atoms with E-state index in [9.17, 15) is 8.42 Å². The summed E-state index contributed by atoms with van der Waals surface area (Å²) in [5.41, 5.74) is 8.55. The van der Waals surface area contributed by atoms with Crippen LogP contribution in [0.4, 0.5) is 11.4 Å². The molecule has 5 N–H and O–H groups in total. The van der Waals surface area contributed by atoms with Gasteiger partial charge in [0.2, 0.25) is 10.0 Å². The van der Waals surface area contributed by atoms with Crippen LogP contribution >= 0.6 is 0 Å². The fraction of sp³-hybridized carbons (Fsp3) is 0.308. The molecule has 114 valence electrons. The van der Waals surface area contributed by atoms with E-state index in [4.69, 9.17) is 15.4 Å². The summed E-state index contributed by atoms with van der Waals surface area (Å²) in [7, 11) is -3.76. The van der Waals surface area contributed by atoms with Gasteiger partial charge in [0.05, 0.1) is 28.0 Å². The van der Waals surface area contributed by atoms with Gasteiger partial charge in [-0.05, 0) is 39.0 Å². The van der Waals surface area contributed by atoms with Crippen LogP contribution in [0.2, 0.25) is 0 Å². The van der Waals surface area contributed by atoms with Crippen LogP contribution in [0.25, 0.3) is 0 Å². The number of benzene rings is 1. The quantitative estimate of drug-likeness (QED) is 0.738. The minimum atomic E-state index is -3.76. The third-order valence-electron chi connectivity index (χ3n) is 3.25. The largest absolute Gasteiger partial charge is 0.397 e. The lowest BCUT2D eigenvalue weighted by Crippen LogP contribution is -2.14. The minimum absolute atomic E-state index is 0.0180. The molecule has 0 aliphatic carbocycles. The van der Waals surface area contributed by atoms with E-state index in [-0.39, 0.29) is 10.9 Å². The van der Waals surface area contributed by atoms with Crippen molar-refractivity contribution in [1.29, 1.82) is 0 Å². The Morgan fingerprint density at radius 1 is 1.33 bits per heavy atom. The van der Waals surface area contributed by atoms with Crippen LogP contribution < -0.4 is 16.2 Å². The van der Waals surface area contributed by atoms with Crippen LogP contribution in [0.1, 0.15) is 30.0 Å². The number of nitrogens with two attached hydrogens (primary N) is 2. The summed E-state index contributed by atoms with van der Waals surface area (Å²) >= 11 is 0. The molecule has 0 fully saturated rings. The zero-order valence-corrected chi connectivity index (χ0v) is 12.9. The number of hydrogen-bond acceptors (Lipinski definition) is 6. The summed E-state index contributed by atoms with van der Waals surface area (Å²) in [6.45, 7) is 5.64. The molecule has 0 saturated heterocycles. The maximum Gasteiger partial charge on any atom is 0.238 e. The standard InChI is InChI=1S/C13H18N4O3S/c1-7(13-8(2)17-20-9(13)3)16-12-5-4-10(6-11(12)14)21(15,18)19/h4-7,16H,14H2,1-3H3,(H2,15,18,19). The van der Waals surface area contributed by atoms with Crippen LogP contribution in [0, 0.1) is 13.8 Å². The van der Waals surface area contributed by atoms with Crippen LogP contribution in [0.5, 0.6) is 0 Å². The molecule has 2 rings (SSSR count). The van der Waals surface area contributed by atoms with E-state index in [1.165, 1.54) is 12.1 Å². The Hall–Kier alpha value is -2.06. The molecule has 21 heavy (non-hydrogen) atoms. The Kier molecular flexibility index (Phi) is 3.93. The highest BCUT2D eigenvalue weighted by molar-refractivity contribution is 7.89. The van der Waals surface area contributed by atoms with Crippen molar-refractivity contribution in [2.45, 2.75) is 31.7 Å². The van der Waals surface area contributed by atoms with Crippen molar-refractivity contribution in [2.75, 3.05) is 11.1 Å². The summed E-state index contributed by atoms with van der Waals surface area (Å²) in [5.74, 6) is 0.729. The van der Waals surface area contributed by atoms with E-state index < -0.39 is 10.0 Å². The Labute approximate surface area is 123 Å². The second-order valence-electron chi connectivity index (χ2n) is 4.90. The summed E-state index contributed by atoms with van der Waals surface area (Å²) in [6.07, 6.45) is 0. The van der Waals surface area contributed by atoms with Crippen LogP contribution in [0.15, 0.2) is 27.6 Å². The molecule has 2 aromatic rings. The minimum Gasteiger partial charge on any atom is -0.397 e. The van der Waals surface area contributed by atoms with E-state index in [2.05, 4.69) is 10.5 Å². The van der Waals surface area contributed by atoms with Gasteiger partial charge in [-0.15, -0.1) is 0 Å². The first-order chi connectivity index (χ1) is 9.70. The van der Waals surface area contributed by atoms with Gasteiger partial charge in [-0.1, -0.05) is 5.16 Å². The molecule has 8 heteroatoms. The lowest BCUT2D eigenvalue weighted by molar-refractivity contribution is 0.392. The molecule has 1 aromatic carbocycles. The van der Waals surface area contributed by atoms with Gasteiger partial charge >= 0.3 is 0 Å². The summed E-state index contributed by atoms with van der Waals surface area (Å²) in [6, 6.07) is 4.24. The van der Waals surface area contributed by atoms with Gasteiger partial charge in [0, 0.05) is 5.56 Å². The van der Waals surface area contributed by atoms with Gasteiger partial charge in [0.1, 0.15) is 5.76 Å². The number of nitrogen functional groups attached to an aromatic ring is 1. The van der Waals surface area contributed by atoms with Crippen molar-refractivity contribution in [3.8, 4) is 0 Å². The molecular weight excluding hydrogens is 292 g/mol. The number of primary sulfonamides is 1. The van der Waals surface area contributed by atoms with Gasteiger partial charge in [-0.25, -0.2) is 13.6 Å². The first-order valence-corrected chi connectivity index (χ1v) is 7.86. The Morgan fingerprint density at radius 2 is 2.00 bits per heavy atom. The average molecular weight is 310 g/mol. The van der Waals surface area contributed by atoms with Gasteiger partial charge in [0.25, 0.3) is 0 Å². The highest BCUT2D eigenvalue weighted by Gasteiger charge is 2.17. The molecule has 7 nitrogen and oxygen atoms in total. The zero-order chi connectivity index (χ0) is 15.8. The Balaban J connectivity index is 2.28. The highest BCUT2D eigenvalue weighted by atomic mass is 32.2. The summed E-state index contributed by atoms with van der Waals surface area (Å²) in [4.78, 5) is -0.0180. The smallest absolute Gasteiger partial charge is 0.238 e. The second kappa shape index (κ2) is 5.38. The van der Waals surface area contributed by atoms with Crippen molar-refractivity contribution < 1.29 is 12.9 Å². The monoisotopic (exact) mass is 310 g/mol. The molecule has 0 bridgehead atoms. The molecule has 1 unspecified atom stereocenters. The van der Waals surface area contributed by atoms with E-state index in [1.54, 1.807) is 6.07 Å². The predicted octanol–water partition coefficient (Wildman–Crippen LogP) is 1.69. The number of anilines is 2. The van der Waals surface area contributed by atoms with Gasteiger partial charge in [-0.3, -0.25) is 0 Å². The first-order valence-electron chi connectivity index (χ1n) is 6.31. The fourth-order valence-corrected chi connectivity index (χ4v) is 2.81. The maximum absolute atomic E-state index is 11.3. The van der Waals surface area contributed by atoms with Crippen LogP contribution in [0.3, 0.4) is 0 Å². The lowest BCUT2D eigenvalue weighted by Gasteiger charge is -2.17. The van der Waals surface area contributed by atoms with Crippen LogP contribution in [-0.2, 0) is 10.0 Å². The number of nitrogens with one attached hydrogen (secondary N) is 1. The second-order valence-corrected chi connectivity index (χ2v) is 6.46. The maximum atomic E-state index is 11.3. The highest BCUT2D eigenvalue weighted by Crippen LogP contribution is 2.29. The zero-order valence-electron chi connectivity index (χ0n) is 12.0. The van der Waals surface area contributed by atoms with Crippen molar-refractivity contribution >= 4 is 21.4 Å². The Morgan fingerprint density at radius 3 is 2.48 bits per heavy atom. The average Bonchev–Trinajstić information content (AvgIpc) is 2.70. The number of rotatable bonds is 4. The number of nitrogens with zero attached hydrogens (tertiary/aromatic N) is 1. The van der Waals surface area contributed by atoms with Gasteiger partial charge in [-0.2, -0.15) is 0 Å². The molecule has 1 heterocycles. The van der Waals surface area contributed by atoms with Crippen molar-refractivity contribution in [3.63, 3.8) is 0 Å². The van der Waals surface area contributed by atoms with E-state index in [1.807, 2.05) is 20.8 Å². The molecule has 1 atom stereocenters. The third-order valence-corrected chi connectivity index (χ3v) is 4.16. The third kappa shape index (κ3) is 3.17. The summed E-state index contributed by atoms with van der Waals surface area (Å²) < 4.78 is 27.7. The molecule has 0 saturated carbocycles. The molecule has 0 aliphatic heterocycles. The van der Waals surface area contributed by atoms with Gasteiger partial charge < -0.3 is 15.6 Å². The number of aryl methyl sites for hydroxylation is 2. The fourth-order valence-electron chi connectivity index (χ4n) is 2.26.